The monoisotopic (exact) mass is 212 g/mol. The van der Waals surface area contributed by atoms with Gasteiger partial charge < -0.3 is 15.4 Å². The smallest absolute Gasteiger partial charge is 0.0507 e. The fraction of sp³-hybridized carbons (Fsp3) is 1.00. The van der Waals surface area contributed by atoms with E-state index in [0.717, 1.165) is 25.7 Å². The van der Waals surface area contributed by atoms with Crippen molar-refractivity contribution in [3.8, 4) is 0 Å². The second-order valence-corrected chi connectivity index (χ2v) is 5.42. The lowest BCUT2D eigenvalue weighted by atomic mass is 9.81. The molecule has 0 saturated carbocycles. The molecule has 2 heterocycles. The molecule has 3 heteroatoms. The normalized spacial score (nSPS) is 30.6. The number of piperidine rings is 1. The Morgan fingerprint density at radius 3 is 2.87 bits per heavy atom. The molecule has 0 bridgehead atoms. The van der Waals surface area contributed by atoms with Crippen LogP contribution in [-0.2, 0) is 4.74 Å². The Morgan fingerprint density at radius 2 is 2.20 bits per heavy atom. The molecule has 1 atom stereocenters. The van der Waals surface area contributed by atoms with E-state index in [1.807, 2.05) is 0 Å². The summed E-state index contributed by atoms with van der Waals surface area (Å²) in [6, 6.07) is 0. The topological polar surface area (TPSA) is 33.3 Å². The van der Waals surface area contributed by atoms with Crippen molar-refractivity contribution in [3.05, 3.63) is 0 Å². The highest BCUT2D eigenvalue weighted by Gasteiger charge is 2.26. The molecule has 1 unspecified atom stereocenters. The molecular formula is C12H24N2O. The van der Waals surface area contributed by atoms with Gasteiger partial charge in [-0.25, -0.2) is 0 Å². The lowest BCUT2D eigenvalue weighted by molar-refractivity contribution is 0.181. The minimum atomic E-state index is 0.519. The van der Waals surface area contributed by atoms with Crippen LogP contribution in [0.1, 0.15) is 26.2 Å². The van der Waals surface area contributed by atoms with Crippen molar-refractivity contribution in [1.82, 2.24) is 10.6 Å². The van der Waals surface area contributed by atoms with Crippen molar-refractivity contribution in [1.29, 1.82) is 0 Å². The number of rotatable bonds is 4. The molecule has 15 heavy (non-hydrogen) atoms. The Hall–Kier alpha value is -0.120. The van der Waals surface area contributed by atoms with Crippen LogP contribution in [0.5, 0.6) is 0 Å². The zero-order valence-electron chi connectivity index (χ0n) is 9.85. The van der Waals surface area contributed by atoms with Crippen LogP contribution in [0.4, 0.5) is 0 Å². The SMILES string of the molecule is CC1(CNCC2CCOC2)CCNCC1. The van der Waals surface area contributed by atoms with E-state index in [0.29, 0.717) is 5.41 Å². The Balaban J connectivity index is 1.63. The first-order chi connectivity index (χ1) is 7.29. The fourth-order valence-corrected chi connectivity index (χ4v) is 2.53. The quantitative estimate of drug-likeness (QED) is 0.729. The maximum absolute atomic E-state index is 5.37. The average Bonchev–Trinajstić information content (AvgIpc) is 2.71. The standard InChI is InChI=1S/C12H24N2O/c1-12(3-5-13-6-4-12)10-14-8-11-2-7-15-9-11/h11,13-14H,2-10H2,1H3. The lowest BCUT2D eigenvalue weighted by Crippen LogP contribution is -2.42. The molecule has 0 radical (unpaired) electrons. The van der Waals surface area contributed by atoms with Crippen LogP contribution in [0, 0.1) is 11.3 Å². The van der Waals surface area contributed by atoms with Crippen molar-refractivity contribution in [2.24, 2.45) is 11.3 Å². The molecule has 2 saturated heterocycles. The summed E-state index contributed by atoms with van der Waals surface area (Å²) in [6.07, 6.45) is 3.85. The molecule has 0 aliphatic carbocycles. The summed E-state index contributed by atoms with van der Waals surface area (Å²) in [5.74, 6) is 0.760. The zero-order chi connectivity index (χ0) is 10.6. The first-order valence-corrected chi connectivity index (χ1v) is 6.28. The van der Waals surface area contributed by atoms with Gasteiger partial charge in [-0.2, -0.15) is 0 Å². The summed E-state index contributed by atoms with van der Waals surface area (Å²) in [7, 11) is 0. The third kappa shape index (κ3) is 3.44. The Bertz CT molecular complexity index is 184. The first-order valence-electron chi connectivity index (χ1n) is 6.28. The van der Waals surface area contributed by atoms with Gasteiger partial charge in [0.15, 0.2) is 0 Å². The van der Waals surface area contributed by atoms with Gasteiger partial charge in [-0.15, -0.1) is 0 Å². The molecule has 2 fully saturated rings. The molecule has 0 aromatic rings. The summed E-state index contributed by atoms with van der Waals surface area (Å²) in [4.78, 5) is 0. The number of ether oxygens (including phenoxy) is 1. The number of hydrogen-bond acceptors (Lipinski definition) is 3. The van der Waals surface area contributed by atoms with Crippen LogP contribution in [-0.4, -0.2) is 39.4 Å². The highest BCUT2D eigenvalue weighted by Crippen LogP contribution is 2.26. The fourth-order valence-electron chi connectivity index (χ4n) is 2.53. The van der Waals surface area contributed by atoms with E-state index in [1.165, 1.54) is 38.9 Å². The molecule has 0 amide bonds. The van der Waals surface area contributed by atoms with Gasteiger partial charge in [-0.3, -0.25) is 0 Å². The third-order valence-corrected chi connectivity index (χ3v) is 3.82. The van der Waals surface area contributed by atoms with Crippen LogP contribution in [0.2, 0.25) is 0 Å². The minimum absolute atomic E-state index is 0.519. The molecule has 2 N–H and O–H groups in total. The molecule has 3 nitrogen and oxygen atoms in total. The average molecular weight is 212 g/mol. The maximum Gasteiger partial charge on any atom is 0.0507 e. The zero-order valence-corrected chi connectivity index (χ0v) is 9.85. The van der Waals surface area contributed by atoms with Gasteiger partial charge in [0.25, 0.3) is 0 Å². The van der Waals surface area contributed by atoms with E-state index >= 15 is 0 Å². The molecule has 0 aromatic carbocycles. The number of hydrogen-bond donors (Lipinski definition) is 2. The van der Waals surface area contributed by atoms with E-state index in [4.69, 9.17) is 4.74 Å². The van der Waals surface area contributed by atoms with E-state index in [2.05, 4.69) is 17.6 Å². The third-order valence-electron chi connectivity index (χ3n) is 3.82. The second-order valence-electron chi connectivity index (χ2n) is 5.42. The highest BCUT2D eigenvalue weighted by atomic mass is 16.5. The van der Waals surface area contributed by atoms with Crippen LogP contribution in [0.3, 0.4) is 0 Å². The van der Waals surface area contributed by atoms with Gasteiger partial charge in [0.2, 0.25) is 0 Å². The van der Waals surface area contributed by atoms with Crippen molar-refractivity contribution < 1.29 is 4.74 Å². The van der Waals surface area contributed by atoms with Crippen LogP contribution >= 0.6 is 0 Å². The first kappa shape index (κ1) is 11.4. The van der Waals surface area contributed by atoms with Crippen molar-refractivity contribution >= 4 is 0 Å². The molecule has 88 valence electrons. The van der Waals surface area contributed by atoms with Gasteiger partial charge in [-0.1, -0.05) is 6.92 Å². The summed E-state index contributed by atoms with van der Waals surface area (Å²) < 4.78 is 5.37. The van der Waals surface area contributed by atoms with Gasteiger partial charge >= 0.3 is 0 Å². The second kappa shape index (κ2) is 5.28. The van der Waals surface area contributed by atoms with E-state index in [9.17, 15) is 0 Å². The molecule has 2 aliphatic rings. The maximum atomic E-state index is 5.37. The van der Waals surface area contributed by atoms with E-state index in [1.54, 1.807) is 0 Å². The van der Waals surface area contributed by atoms with Crippen LogP contribution < -0.4 is 10.6 Å². The van der Waals surface area contributed by atoms with Gasteiger partial charge in [0.1, 0.15) is 0 Å². The van der Waals surface area contributed by atoms with Gasteiger partial charge in [0.05, 0.1) is 6.61 Å². The van der Waals surface area contributed by atoms with Crippen molar-refractivity contribution in [2.45, 2.75) is 26.2 Å². The summed E-state index contributed by atoms with van der Waals surface area (Å²) >= 11 is 0. The molecule has 0 spiro atoms. The van der Waals surface area contributed by atoms with Crippen molar-refractivity contribution in [3.63, 3.8) is 0 Å². The van der Waals surface area contributed by atoms with Crippen LogP contribution in [0.15, 0.2) is 0 Å². The Kier molecular flexibility index (Phi) is 4.00. The van der Waals surface area contributed by atoms with Crippen LogP contribution in [0.25, 0.3) is 0 Å². The largest absolute Gasteiger partial charge is 0.381 e. The lowest BCUT2D eigenvalue weighted by Gasteiger charge is -2.34. The molecular weight excluding hydrogens is 188 g/mol. The predicted molar refractivity (Wildman–Crippen MR) is 62.0 cm³/mol. The van der Waals surface area contributed by atoms with Gasteiger partial charge in [-0.05, 0) is 43.7 Å². The van der Waals surface area contributed by atoms with Crippen molar-refractivity contribution in [2.75, 3.05) is 39.4 Å². The Morgan fingerprint density at radius 1 is 1.40 bits per heavy atom. The minimum Gasteiger partial charge on any atom is -0.381 e. The summed E-state index contributed by atoms with van der Waals surface area (Å²) in [5.41, 5.74) is 0.519. The summed E-state index contributed by atoms with van der Waals surface area (Å²) in [5, 5.41) is 7.05. The van der Waals surface area contributed by atoms with E-state index < -0.39 is 0 Å². The predicted octanol–water partition coefficient (Wildman–Crippen LogP) is 1.00. The highest BCUT2D eigenvalue weighted by molar-refractivity contribution is 4.83. The molecule has 2 rings (SSSR count). The molecule has 2 aliphatic heterocycles. The number of nitrogens with one attached hydrogen (secondary N) is 2. The van der Waals surface area contributed by atoms with E-state index in [-0.39, 0.29) is 0 Å². The summed E-state index contributed by atoms with van der Waals surface area (Å²) in [6.45, 7) is 9.02. The Labute approximate surface area is 93.0 Å². The van der Waals surface area contributed by atoms with Gasteiger partial charge in [0, 0.05) is 19.7 Å². The molecule has 0 aromatic heterocycles.